The fraction of sp³-hybridized carbons (Fsp3) is 0.176. The van der Waals surface area contributed by atoms with E-state index in [1.54, 1.807) is 12.3 Å². The maximum Gasteiger partial charge on any atom is 0.407 e. The molecule has 0 bridgehead atoms. The van der Waals surface area contributed by atoms with E-state index in [-0.39, 0.29) is 6.61 Å². The van der Waals surface area contributed by atoms with Crippen LogP contribution in [-0.2, 0) is 11.3 Å². The molecule has 2 aromatic rings. The Morgan fingerprint density at radius 3 is 2.86 bits per heavy atom. The van der Waals surface area contributed by atoms with Gasteiger partial charge in [-0.25, -0.2) is 9.78 Å². The van der Waals surface area contributed by atoms with Crippen molar-refractivity contribution in [2.24, 2.45) is 0 Å². The van der Waals surface area contributed by atoms with Gasteiger partial charge in [0.05, 0.1) is 0 Å². The third-order valence-corrected chi connectivity index (χ3v) is 2.91. The van der Waals surface area contributed by atoms with Crippen molar-refractivity contribution in [2.75, 3.05) is 12.3 Å². The molecular formula is C17H19N3O2. The minimum absolute atomic E-state index is 0.277. The van der Waals surface area contributed by atoms with Crippen molar-refractivity contribution >= 4 is 18.0 Å². The third-order valence-electron chi connectivity index (χ3n) is 2.91. The number of amides is 1. The molecule has 5 heteroatoms. The van der Waals surface area contributed by atoms with Gasteiger partial charge in [0.1, 0.15) is 12.4 Å². The standard InChI is InChI=1S/C17H19N3O2/c18-16-12-14(9-11-19-16)6-4-5-10-20-17(21)22-13-15-7-2-1-3-8-15/h1-4,6-9,11-12H,5,10,13H2,(H2,18,19)(H,20,21). The monoisotopic (exact) mass is 297 g/mol. The summed E-state index contributed by atoms with van der Waals surface area (Å²) >= 11 is 0. The summed E-state index contributed by atoms with van der Waals surface area (Å²) in [5.41, 5.74) is 7.54. The summed E-state index contributed by atoms with van der Waals surface area (Å²) in [6.07, 6.45) is 5.86. The van der Waals surface area contributed by atoms with Gasteiger partial charge in [0, 0.05) is 12.7 Å². The van der Waals surface area contributed by atoms with E-state index in [0.717, 1.165) is 11.1 Å². The number of hydrogen-bond donors (Lipinski definition) is 2. The predicted molar refractivity (Wildman–Crippen MR) is 86.9 cm³/mol. The zero-order chi connectivity index (χ0) is 15.6. The Kier molecular flexibility index (Phi) is 5.99. The largest absolute Gasteiger partial charge is 0.445 e. The van der Waals surface area contributed by atoms with Crippen LogP contribution < -0.4 is 11.1 Å². The van der Waals surface area contributed by atoms with Crippen LogP contribution in [0.1, 0.15) is 17.5 Å². The maximum atomic E-state index is 11.5. The highest BCUT2D eigenvalue weighted by molar-refractivity contribution is 5.67. The van der Waals surface area contributed by atoms with Gasteiger partial charge < -0.3 is 15.8 Å². The van der Waals surface area contributed by atoms with Crippen LogP contribution in [0.2, 0.25) is 0 Å². The van der Waals surface area contributed by atoms with Crippen LogP contribution in [0.3, 0.4) is 0 Å². The molecule has 2 rings (SSSR count). The van der Waals surface area contributed by atoms with Gasteiger partial charge in [0.15, 0.2) is 0 Å². The molecule has 22 heavy (non-hydrogen) atoms. The Labute approximate surface area is 129 Å². The maximum absolute atomic E-state index is 11.5. The van der Waals surface area contributed by atoms with Crippen molar-refractivity contribution in [3.63, 3.8) is 0 Å². The second-order valence-electron chi connectivity index (χ2n) is 4.69. The van der Waals surface area contributed by atoms with Crippen LogP contribution in [0, 0.1) is 0 Å². The molecule has 0 atom stereocenters. The van der Waals surface area contributed by atoms with Gasteiger partial charge in [-0.15, -0.1) is 0 Å². The van der Waals surface area contributed by atoms with Gasteiger partial charge in [-0.05, 0) is 29.7 Å². The first kappa shape index (κ1) is 15.6. The van der Waals surface area contributed by atoms with Crippen molar-refractivity contribution in [2.45, 2.75) is 13.0 Å². The molecule has 0 aliphatic rings. The summed E-state index contributed by atoms with van der Waals surface area (Å²) in [4.78, 5) is 15.4. The quantitative estimate of drug-likeness (QED) is 0.804. The molecule has 0 saturated carbocycles. The Bertz CT molecular complexity index is 627. The van der Waals surface area contributed by atoms with Crippen LogP contribution in [0.5, 0.6) is 0 Å². The van der Waals surface area contributed by atoms with E-state index < -0.39 is 6.09 Å². The lowest BCUT2D eigenvalue weighted by Crippen LogP contribution is -2.24. The highest BCUT2D eigenvalue weighted by Gasteiger charge is 2.00. The second kappa shape index (κ2) is 8.46. The fourth-order valence-corrected chi connectivity index (χ4v) is 1.82. The number of nitrogens with one attached hydrogen (secondary N) is 1. The van der Waals surface area contributed by atoms with E-state index in [1.807, 2.05) is 48.6 Å². The van der Waals surface area contributed by atoms with E-state index in [9.17, 15) is 4.79 Å². The molecule has 0 aliphatic heterocycles. The summed E-state index contributed by atoms with van der Waals surface area (Å²) in [5, 5.41) is 2.70. The second-order valence-corrected chi connectivity index (χ2v) is 4.69. The number of ether oxygens (including phenoxy) is 1. The summed E-state index contributed by atoms with van der Waals surface area (Å²) in [6, 6.07) is 13.2. The molecule has 5 nitrogen and oxygen atoms in total. The summed E-state index contributed by atoms with van der Waals surface area (Å²) < 4.78 is 5.11. The van der Waals surface area contributed by atoms with Crippen molar-refractivity contribution in [1.29, 1.82) is 0 Å². The number of aromatic nitrogens is 1. The van der Waals surface area contributed by atoms with Gasteiger partial charge >= 0.3 is 6.09 Å². The molecule has 1 aromatic heterocycles. The van der Waals surface area contributed by atoms with Crippen molar-refractivity contribution in [1.82, 2.24) is 10.3 Å². The van der Waals surface area contributed by atoms with Gasteiger partial charge in [-0.1, -0.05) is 42.5 Å². The van der Waals surface area contributed by atoms with E-state index in [0.29, 0.717) is 18.8 Å². The number of rotatable bonds is 6. The van der Waals surface area contributed by atoms with Crippen LogP contribution in [0.25, 0.3) is 6.08 Å². The first-order valence-corrected chi connectivity index (χ1v) is 7.06. The average Bonchev–Trinajstić information content (AvgIpc) is 2.54. The van der Waals surface area contributed by atoms with E-state index in [2.05, 4.69) is 10.3 Å². The van der Waals surface area contributed by atoms with Crippen LogP contribution in [0.15, 0.2) is 54.7 Å². The van der Waals surface area contributed by atoms with E-state index in [4.69, 9.17) is 10.5 Å². The topological polar surface area (TPSA) is 77.2 Å². The number of anilines is 1. The minimum atomic E-state index is -0.412. The Morgan fingerprint density at radius 1 is 1.27 bits per heavy atom. The number of benzene rings is 1. The van der Waals surface area contributed by atoms with Crippen molar-refractivity contribution in [3.05, 3.63) is 65.9 Å². The number of nitrogen functional groups attached to an aromatic ring is 1. The van der Waals surface area contributed by atoms with Gasteiger partial charge in [0.25, 0.3) is 0 Å². The highest BCUT2D eigenvalue weighted by Crippen LogP contribution is 2.05. The number of carbonyl (C=O) groups is 1. The van der Waals surface area contributed by atoms with Crippen LogP contribution in [-0.4, -0.2) is 17.6 Å². The van der Waals surface area contributed by atoms with Gasteiger partial charge in [0.2, 0.25) is 0 Å². The Hall–Kier alpha value is -2.82. The molecule has 114 valence electrons. The molecule has 3 N–H and O–H groups in total. The Morgan fingerprint density at radius 2 is 2.09 bits per heavy atom. The van der Waals surface area contributed by atoms with Crippen LogP contribution in [0.4, 0.5) is 10.6 Å². The van der Waals surface area contributed by atoms with Crippen molar-refractivity contribution in [3.8, 4) is 0 Å². The number of nitrogens with two attached hydrogens (primary N) is 1. The SMILES string of the molecule is Nc1cc(C=CCCNC(=O)OCc2ccccc2)ccn1. The van der Waals surface area contributed by atoms with Gasteiger partial charge in [-0.2, -0.15) is 0 Å². The molecular weight excluding hydrogens is 278 g/mol. The fourth-order valence-electron chi connectivity index (χ4n) is 1.82. The first-order chi connectivity index (χ1) is 10.7. The smallest absolute Gasteiger partial charge is 0.407 e. The summed E-state index contributed by atoms with van der Waals surface area (Å²) in [5.74, 6) is 0.491. The highest BCUT2D eigenvalue weighted by atomic mass is 16.5. The minimum Gasteiger partial charge on any atom is -0.445 e. The molecule has 0 aliphatic carbocycles. The lowest BCUT2D eigenvalue weighted by Gasteiger charge is -2.05. The number of alkyl carbamates (subject to hydrolysis) is 1. The number of hydrogen-bond acceptors (Lipinski definition) is 4. The first-order valence-electron chi connectivity index (χ1n) is 7.06. The predicted octanol–water partition coefficient (Wildman–Crippen LogP) is 2.99. The molecule has 1 amide bonds. The zero-order valence-electron chi connectivity index (χ0n) is 12.2. The molecule has 1 aromatic carbocycles. The lowest BCUT2D eigenvalue weighted by atomic mass is 10.2. The molecule has 0 spiro atoms. The molecule has 0 fully saturated rings. The summed E-state index contributed by atoms with van der Waals surface area (Å²) in [6.45, 7) is 0.795. The molecule has 0 radical (unpaired) electrons. The summed E-state index contributed by atoms with van der Waals surface area (Å²) in [7, 11) is 0. The third kappa shape index (κ3) is 5.66. The number of carbonyl (C=O) groups excluding carboxylic acids is 1. The lowest BCUT2D eigenvalue weighted by molar-refractivity contribution is 0.140. The number of pyridine rings is 1. The van der Waals surface area contributed by atoms with E-state index >= 15 is 0 Å². The molecule has 0 unspecified atom stereocenters. The van der Waals surface area contributed by atoms with Crippen molar-refractivity contribution < 1.29 is 9.53 Å². The zero-order valence-corrected chi connectivity index (χ0v) is 12.2. The molecule has 0 saturated heterocycles. The normalized spacial score (nSPS) is 10.5. The number of nitrogens with zero attached hydrogens (tertiary/aromatic N) is 1. The average molecular weight is 297 g/mol. The van der Waals surface area contributed by atoms with Gasteiger partial charge in [-0.3, -0.25) is 0 Å². The molecule has 1 heterocycles. The van der Waals surface area contributed by atoms with E-state index in [1.165, 1.54) is 0 Å². The van der Waals surface area contributed by atoms with Crippen LogP contribution >= 0.6 is 0 Å². The Balaban J connectivity index is 1.63.